The minimum Gasteiger partial charge on any atom is -0.316 e. The van der Waals surface area contributed by atoms with E-state index in [4.69, 9.17) is 0 Å². The van der Waals surface area contributed by atoms with Gasteiger partial charge in [-0.2, -0.15) is 0 Å². The van der Waals surface area contributed by atoms with Crippen molar-refractivity contribution in [1.82, 2.24) is 10.2 Å². The van der Waals surface area contributed by atoms with Crippen molar-refractivity contribution in [3.63, 3.8) is 0 Å². The monoisotopic (exact) mass is 238 g/mol. The molecule has 1 saturated carbocycles. The van der Waals surface area contributed by atoms with Crippen LogP contribution in [0.1, 0.15) is 46.5 Å². The van der Waals surface area contributed by atoms with Crippen molar-refractivity contribution in [2.75, 3.05) is 26.7 Å². The summed E-state index contributed by atoms with van der Waals surface area (Å²) in [6.07, 6.45) is 5.58. The molecule has 2 aliphatic rings. The van der Waals surface area contributed by atoms with Crippen LogP contribution >= 0.6 is 0 Å². The summed E-state index contributed by atoms with van der Waals surface area (Å²) in [6, 6.07) is 0.711. The first kappa shape index (κ1) is 13.4. The van der Waals surface area contributed by atoms with E-state index in [2.05, 4.69) is 38.0 Å². The lowest BCUT2D eigenvalue weighted by molar-refractivity contribution is 0.207. The highest BCUT2D eigenvalue weighted by Gasteiger charge is 2.41. The van der Waals surface area contributed by atoms with Crippen molar-refractivity contribution in [3.8, 4) is 0 Å². The first-order chi connectivity index (χ1) is 8.06. The molecule has 2 heteroatoms. The summed E-state index contributed by atoms with van der Waals surface area (Å²) < 4.78 is 0. The lowest BCUT2D eigenvalue weighted by Crippen LogP contribution is -2.43. The molecule has 1 aliphatic carbocycles. The molecule has 0 amide bonds. The van der Waals surface area contributed by atoms with E-state index in [9.17, 15) is 0 Å². The normalized spacial score (nSPS) is 37.8. The van der Waals surface area contributed by atoms with Crippen molar-refractivity contribution >= 4 is 0 Å². The molecule has 2 fully saturated rings. The van der Waals surface area contributed by atoms with Crippen LogP contribution in [-0.4, -0.2) is 37.6 Å². The van der Waals surface area contributed by atoms with Gasteiger partial charge >= 0.3 is 0 Å². The summed E-state index contributed by atoms with van der Waals surface area (Å²) >= 11 is 0. The van der Waals surface area contributed by atoms with E-state index in [0.29, 0.717) is 11.5 Å². The molecule has 100 valence electrons. The van der Waals surface area contributed by atoms with Crippen molar-refractivity contribution in [2.24, 2.45) is 17.3 Å². The van der Waals surface area contributed by atoms with Crippen molar-refractivity contribution in [3.05, 3.63) is 0 Å². The summed E-state index contributed by atoms with van der Waals surface area (Å²) in [5.41, 5.74) is 0.489. The molecule has 3 unspecified atom stereocenters. The lowest BCUT2D eigenvalue weighted by Gasteiger charge is -2.32. The van der Waals surface area contributed by atoms with Crippen molar-refractivity contribution < 1.29 is 0 Å². The number of likely N-dealkylation sites (tertiary alicyclic amines) is 1. The zero-order valence-corrected chi connectivity index (χ0v) is 12.1. The Kier molecular flexibility index (Phi) is 4.14. The average molecular weight is 238 g/mol. The van der Waals surface area contributed by atoms with Gasteiger partial charge in [0, 0.05) is 19.1 Å². The predicted octanol–water partition coefficient (Wildman–Crippen LogP) is 2.74. The smallest absolute Gasteiger partial charge is 0.0156 e. The van der Waals surface area contributed by atoms with Gasteiger partial charge in [0.1, 0.15) is 0 Å². The molecule has 2 nitrogen and oxygen atoms in total. The number of hydrogen-bond acceptors (Lipinski definition) is 2. The Hall–Kier alpha value is -0.0800. The Labute approximate surface area is 107 Å². The van der Waals surface area contributed by atoms with Crippen LogP contribution in [0.5, 0.6) is 0 Å². The van der Waals surface area contributed by atoms with Crippen LogP contribution in [0.2, 0.25) is 0 Å². The number of nitrogens with one attached hydrogen (secondary N) is 1. The van der Waals surface area contributed by atoms with Gasteiger partial charge in [0.2, 0.25) is 0 Å². The lowest BCUT2D eigenvalue weighted by atomic mass is 9.85. The second-order valence-electron chi connectivity index (χ2n) is 6.88. The van der Waals surface area contributed by atoms with E-state index in [-0.39, 0.29) is 0 Å². The highest BCUT2D eigenvalue weighted by atomic mass is 15.2. The maximum atomic E-state index is 3.58. The van der Waals surface area contributed by atoms with Crippen LogP contribution < -0.4 is 5.32 Å². The molecule has 0 bridgehead atoms. The van der Waals surface area contributed by atoms with Gasteiger partial charge < -0.3 is 10.2 Å². The molecule has 2 rings (SSSR count). The first-order valence-corrected chi connectivity index (χ1v) is 7.46. The standard InChI is InChI=1S/C15H30N2/c1-5-12-7-9-17(10-12)11-13-6-8-15(2,3)14(13)16-4/h12-14,16H,5-11H2,1-4H3. The van der Waals surface area contributed by atoms with Gasteiger partial charge in [-0.05, 0) is 50.1 Å². The van der Waals surface area contributed by atoms with Crippen LogP contribution in [0, 0.1) is 17.3 Å². The van der Waals surface area contributed by atoms with Crippen LogP contribution in [-0.2, 0) is 0 Å². The summed E-state index contributed by atoms with van der Waals surface area (Å²) in [7, 11) is 2.14. The largest absolute Gasteiger partial charge is 0.316 e. The molecule has 0 aromatic rings. The molecule has 3 atom stereocenters. The third-order valence-electron chi connectivity index (χ3n) is 5.22. The minimum atomic E-state index is 0.489. The molecule has 1 aliphatic heterocycles. The Morgan fingerprint density at radius 3 is 2.65 bits per heavy atom. The molecule has 0 radical (unpaired) electrons. The van der Waals surface area contributed by atoms with Crippen molar-refractivity contribution in [1.29, 1.82) is 0 Å². The van der Waals surface area contributed by atoms with Crippen LogP contribution in [0.25, 0.3) is 0 Å². The van der Waals surface area contributed by atoms with E-state index < -0.39 is 0 Å². The Balaban J connectivity index is 1.87. The summed E-state index contributed by atoms with van der Waals surface area (Å²) in [6.45, 7) is 11.2. The second-order valence-corrected chi connectivity index (χ2v) is 6.88. The van der Waals surface area contributed by atoms with E-state index in [1.807, 2.05) is 0 Å². The molecular weight excluding hydrogens is 208 g/mol. The molecular formula is C15H30N2. The molecule has 1 N–H and O–H groups in total. The van der Waals surface area contributed by atoms with Gasteiger partial charge in [-0.1, -0.05) is 27.2 Å². The quantitative estimate of drug-likeness (QED) is 0.810. The van der Waals surface area contributed by atoms with Gasteiger partial charge in [0.05, 0.1) is 0 Å². The zero-order chi connectivity index (χ0) is 12.5. The van der Waals surface area contributed by atoms with Gasteiger partial charge in [-0.25, -0.2) is 0 Å². The van der Waals surface area contributed by atoms with E-state index in [1.54, 1.807) is 0 Å². The fraction of sp³-hybridized carbons (Fsp3) is 1.00. The molecule has 17 heavy (non-hydrogen) atoms. The number of nitrogens with zero attached hydrogens (tertiary/aromatic N) is 1. The molecule has 0 aromatic heterocycles. The topological polar surface area (TPSA) is 15.3 Å². The SMILES string of the molecule is CCC1CCN(CC2CCC(C)(C)C2NC)C1. The summed E-state index contributed by atoms with van der Waals surface area (Å²) in [5, 5.41) is 3.58. The van der Waals surface area contributed by atoms with Gasteiger partial charge in [0.25, 0.3) is 0 Å². The molecule has 0 spiro atoms. The highest BCUT2D eigenvalue weighted by Crippen LogP contribution is 2.41. The molecule has 1 saturated heterocycles. The van der Waals surface area contributed by atoms with Crippen LogP contribution in [0.4, 0.5) is 0 Å². The Bertz CT molecular complexity index is 249. The summed E-state index contributed by atoms with van der Waals surface area (Å²) in [5.74, 6) is 1.84. The highest BCUT2D eigenvalue weighted by molar-refractivity contribution is 4.97. The number of rotatable bonds is 4. The average Bonchev–Trinajstić information content (AvgIpc) is 2.84. The Morgan fingerprint density at radius 1 is 1.29 bits per heavy atom. The first-order valence-electron chi connectivity index (χ1n) is 7.46. The predicted molar refractivity (Wildman–Crippen MR) is 74.2 cm³/mol. The molecule has 0 aromatic carbocycles. The summed E-state index contributed by atoms with van der Waals surface area (Å²) in [4.78, 5) is 2.71. The van der Waals surface area contributed by atoms with E-state index >= 15 is 0 Å². The van der Waals surface area contributed by atoms with E-state index in [0.717, 1.165) is 11.8 Å². The second kappa shape index (κ2) is 5.27. The van der Waals surface area contributed by atoms with Gasteiger partial charge in [0.15, 0.2) is 0 Å². The molecule has 1 heterocycles. The van der Waals surface area contributed by atoms with E-state index in [1.165, 1.54) is 45.3 Å². The fourth-order valence-corrected chi connectivity index (χ4v) is 4.08. The van der Waals surface area contributed by atoms with Gasteiger partial charge in [-0.15, -0.1) is 0 Å². The van der Waals surface area contributed by atoms with Crippen LogP contribution in [0.15, 0.2) is 0 Å². The van der Waals surface area contributed by atoms with Crippen molar-refractivity contribution in [2.45, 2.75) is 52.5 Å². The third-order valence-corrected chi connectivity index (χ3v) is 5.22. The maximum Gasteiger partial charge on any atom is 0.0156 e. The fourth-order valence-electron chi connectivity index (χ4n) is 4.08. The minimum absolute atomic E-state index is 0.489. The van der Waals surface area contributed by atoms with Crippen LogP contribution in [0.3, 0.4) is 0 Å². The maximum absolute atomic E-state index is 3.58. The van der Waals surface area contributed by atoms with Gasteiger partial charge in [-0.3, -0.25) is 0 Å². The zero-order valence-electron chi connectivity index (χ0n) is 12.1. The third kappa shape index (κ3) is 2.85. The number of hydrogen-bond donors (Lipinski definition) is 1. The Morgan fingerprint density at radius 2 is 2.06 bits per heavy atom.